The van der Waals surface area contributed by atoms with Gasteiger partial charge in [-0.2, -0.15) is 0 Å². The first-order valence-corrected chi connectivity index (χ1v) is 11.5. The molecule has 1 fully saturated rings. The lowest BCUT2D eigenvalue weighted by atomic mass is 9.90. The van der Waals surface area contributed by atoms with E-state index in [2.05, 4.69) is 95.9 Å². The first kappa shape index (κ1) is 27.2. The highest BCUT2D eigenvalue weighted by Crippen LogP contribution is 2.39. The molecule has 1 aliphatic carbocycles. The lowest BCUT2D eigenvalue weighted by Crippen LogP contribution is -2.45. The van der Waals surface area contributed by atoms with Crippen molar-refractivity contribution in [2.24, 2.45) is 4.99 Å². The molecule has 1 aliphatic heterocycles. The number of allylic oxidation sites excluding steroid dienone is 3. The van der Waals surface area contributed by atoms with Crippen molar-refractivity contribution >= 4 is 12.3 Å². The second-order valence-electron chi connectivity index (χ2n) is 7.25. The number of piperazine rings is 1. The van der Waals surface area contributed by atoms with Crippen LogP contribution in [0.5, 0.6) is 0 Å². The van der Waals surface area contributed by atoms with Crippen LogP contribution in [0.1, 0.15) is 51.8 Å². The van der Waals surface area contributed by atoms with Crippen LogP contribution in [-0.4, -0.2) is 44.3 Å². The van der Waals surface area contributed by atoms with Crippen molar-refractivity contribution in [2.75, 3.05) is 32.7 Å². The van der Waals surface area contributed by atoms with E-state index in [-0.39, 0.29) is 0 Å². The summed E-state index contributed by atoms with van der Waals surface area (Å²) in [5.74, 6) is 2.25. The first-order valence-electron chi connectivity index (χ1n) is 11.5. The fourth-order valence-electron chi connectivity index (χ4n) is 3.99. The van der Waals surface area contributed by atoms with Gasteiger partial charge in [-0.25, -0.2) is 0 Å². The molecule has 0 amide bonds. The Morgan fingerprint density at radius 1 is 1.28 bits per heavy atom. The second-order valence-corrected chi connectivity index (χ2v) is 7.25. The molecule has 32 heavy (non-hydrogen) atoms. The number of rotatable bonds is 6. The number of hydrogen-bond donors (Lipinski definition) is 2. The Morgan fingerprint density at radius 2 is 1.94 bits per heavy atom. The van der Waals surface area contributed by atoms with Crippen LogP contribution >= 0.6 is 0 Å². The summed E-state index contributed by atoms with van der Waals surface area (Å²) in [6.07, 6.45) is 14.9. The Bertz CT molecular complexity index is 862. The third kappa shape index (κ3) is 7.67. The standard InChI is InChI=1S/C23H30N4.C3H4.C2H6/c1-4-7-20-18(2)16-19(17-26-11-10-24-3)21-8-5-6-9-22(21)23(20)27-14-12-25-13-15-27;1-3-2;1-2/h4-11,16,23,25-26H,3,12-15,17H2,1-2H3;1H,2H3;1-2H3/b7-4-,11-10-;;. The third-order valence-electron chi connectivity index (χ3n) is 5.20. The monoisotopic (exact) mass is 432 g/mol. The van der Waals surface area contributed by atoms with Gasteiger partial charge in [0.25, 0.3) is 0 Å². The highest BCUT2D eigenvalue weighted by atomic mass is 15.2. The molecular formula is C28H40N4. The van der Waals surface area contributed by atoms with E-state index in [1.165, 1.54) is 27.8 Å². The van der Waals surface area contributed by atoms with E-state index < -0.39 is 0 Å². The van der Waals surface area contributed by atoms with Crippen molar-refractivity contribution in [1.29, 1.82) is 0 Å². The minimum absolute atomic E-state index is 0.290. The quantitative estimate of drug-likeness (QED) is 0.470. The van der Waals surface area contributed by atoms with Crippen LogP contribution in [0.2, 0.25) is 0 Å². The lowest BCUT2D eigenvalue weighted by molar-refractivity contribution is 0.197. The molecule has 4 nitrogen and oxygen atoms in total. The largest absolute Gasteiger partial charge is 0.386 e. The summed E-state index contributed by atoms with van der Waals surface area (Å²) in [6.45, 7) is 18.4. The van der Waals surface area contributed by atoms with Crippen LogP contribution in [0.3, 0.4) is 0 Å². The zero-order valence-corrected chi connectivity index (χ0v) is 20.5. The van der Waals surface area contributed by atoms with Gasteiger partial charge in [-0.05, 0) is 55.3 Å². The Hall–Kier alpha value is -2.87. The molecule has 0 spiro atoms. The van der Waals surface area contributed by atoms with Gasteiger partial charge in [0.05, 0.1) is 6.04 Å². The molecule has 1 heterocycles. The summed E-state index contributed by atoms with van der Waals surface area (Å²) in [5.41, 5.74) is 6.74. The molecule has 1 unspecified atom stereocenters. The molecule has 1 aromatic carbocycles. The smallest absolute Gasteiger partial charge is 0.0611 e. The van der Waals surface area contributed by atoms with Gasteiger partial charge < -0.3 is 10.6 Å². The van der Waals surface area contributed by atoms with E-state index in [0.29, 0.717) is 6.04 Å². The highest BCUT2D eigenvalue weighted by Gasteiger charge is 2.29. The molecule has 172 valence electrons. The maximum absolute atomic E-state index is 4.60. The molecule has 2 aliphatic rings. The zero-order valence-electron chi connectivity index (χ0n) is 20.5. The van der Waals surface area contributed by atoms with Crippen molar-refractivity contribution in [3.8, 4) is 12.3 Å². The SMILES string of the molecule is C#CC.C=N/C=C\NCC1=CC(C)=C(/C=C\C)C(N2CCNCC2)c2ccccc21.CC. The van der Waals surface area contributed by atoms with E-state index in [1.54, 1.807) is 13.1 Å². The van der Waals surface area contributed by atoms with Crippen molar-refractivity contribution in [3.05, 3.63) is 77.2 Å². The predicted octanol–water partition coefficient (Wildman–Crippen LogP) is 5.35. The van der Waals surface area contributed by atoms with Gasteiger partial charge in [0.2, 0.25) is 0 Å². The zero-order chi connectivity index (χ0) is 23.8. The van der Waals surface area contributed by atoms with E-state index in [4.69, 9.17) is 0 Å². The van der Waals surface area contributed by atoms with Crippen molar-refractivity contribution in [2.45, 2.75) is 40.7 Å². The third-order valence-corrected chi connectivity index (χ3v) is 5.20. The summed E-state index contributed by atoms with van der Waals surface area (Å²) < 4.78 is 0. The van der Waals surface area contributed by atoms with E-state index in [1.807, 2.05) is 20.0 Å². The normalized spacial score (nSPS) is 18.4. The van der Waals surface area contributed by atoms with Crippen molar-refractivity contribution in [1.82, 2.24) is 15.5 Å². The average molecular weight is 433 g/mol. The summed E-state index contributed by atoms with van der Waals surface area (Å²) in [4.78, 5) is 6.37. The summed E-state index contributed by atoms with van der Waals surface area (Å²) in [5, 5.41) is 6.82. The summed E-state index contributed by atoms with van der Waals surface area (Å²) in [7, 11) is 0. The van der Waals surface area contributed by atoms with Crippen LogP contribution in [0.15, 0.2) is 71.0 Å². The number of hydrogen-bond acceptors (Lipinski definition) is 4. The molecule has 1 atom stereocenters. The van der Waals surface area contributed by atoms with Crippen LogP contribution in [0.25, 0.3) is 5.57 Å². The molecule has 0 bridgehead atoms. The van der Waals surface area contributed by atoms with Gasteiger partial charge in [-0.15, -0.1) is 12.3 Å². The predicted molar refractivity (Wildman–Crippen MR) is 142 cm³/mol. The van der Waals surface area contributed by atoms with Crippen molar-refractivity contribution in [3.63, 3.8) is 0 Å². The summed E-state index contributed by atoms with van der Waals surface area (Å²) >= 11 is 0. The molecule has 1 aromatic rings. The van der Waals surface area contributed by atoms with Gasteiger partial charge >= 0.3 is 0 Å². The number of terminal acetylenes is 1. The Balaban J connectivity index is 0.000000944. The molecular weight excluding hydrogens is 392 g/mol. The Morgan fingerprint density at radius 3 is 2.56 bits per heavy atom. The number of benzene rings is 1. The fourth-order valence-corrected chi connectivity index (χ4v) is 3.99. The number of fused-ring (bicyclic) bond motifs is 1. The molecule has 4 heteroatoms. The minimum Gasteiger partial charge on any atom is -0.386 e. The molecule has 0 radical (unpaired) electrons. The summed E-state index contributed by atoms with van der Waals surface area (Å²) in [6, 6.07) is 9.13. The van der Waals surface area contributed by atoms with Crippen LogP contribution < -0.4 is 10.6 Å². The van der Waals surface area contributed by atoms with E-state index >= 15 is 0 Å². The van der Waals surface area contributed by atoms with Crippen molar-refractivity contribution < 1.29 is 0 Å². The molecule has 2 N–H and O–H groups in total. The van der Waals surface area contributed by atoms with Crippen LogP contribution in [0.4, 0.5) is 0 Å². The maximum Gasteiger partial charge on any atom is 0.0611 e. The van der Waals surface area contributed by atoms with E-state index in [9.17, 15) is 0 Å². The fraction of sp³-hybridized carbons (Fsp3) is 0.393. The van der Waals surface area contributed by atoms with Gasteiger partial charge in [0.15, 0.2) is 0 Å². The second kappa shape index (κ2) is 15.9. The van der Waals surface area contributed by atoms with E-state index in [0.717, 1.165) is 32.7 Å². The minimum atomic E-state index is 0.290. The lowest BCUT2D eigenvalue weighted by Gasteiger charge is -2.37. The maximum atomic E-state index is 4.60. The molecule has 0 aromatic heterocycles. The van der Waals surface area contributed by atoms with Gasteiger partial charge in [0.1, 0.15) is 0 Å². The topological polar surface area (TPSA) is 39.7 Å². The Kier molecular flexibility index (Phi) is 13.5. The number of nitrogens with zero attached hydrogens (tertiary/aromatic N) is 2. The Labute approximate surface area is 195 Å². The van der Waals surface area contributed by atoms with Gasteiger partial charge in [-0.1, -0.05) is 56.3 Å². The first-order chi connectivity index (χ1) is 15.7. The van der Waals surface area contributed by atoms with Crippen LogP contribution in [-0.2, 0) is 0 Å². The molecule has 3 rings (SSSR count). The van der Waals surface area contributed by atoms with Crippen LogP contribution in [0, 0.1) is 12.3 Å². The average Bonchev–Trinajstić information content (AvgIpc) is 2.94. The molecule has 0 saturated carbocycles. The van der Waals surface area contributed by atoms with Gasteiger partial charge in [0, 0.05) is 45.1 Å². The van der Waals surface area contributed by atoms with Gasteiger partial charge in [-0.3, -0.25) is 9.89 Å². The molecule has 1 saturated heterocycles. The number of nitrogens with one attached hydrogen (secondary N) is 2. The number of aliphatic imine (C=N–C) groups is 1. The highest BCUT2D eigenvalue weighted by molar-refractivity contribution is 5.75.